The summed E-state index contributed by atoms with van der Waals surface area (Å²) in [6, 6.07) is 25.8. The first kappa shape index (κ1) is 40.6. The van der Waals surface area contributed by atoms with Gasteiger partial charge in [-0.25, -0.2) is 4.79 Å². The third-order valence-corrected chi connectivity index (χ3v) is 9.67. The first-order valence-electron chi connectivity index (χ1n) is 19.2. The normalized spacial score (nSPS) is 17.1. The zero-order valence-electron chi connectivity index (χ0n) is 33.8. The van der Waals surface area contributed by atoms with Crippen molar-refractivity contribution in [2.75, 3.05) is 13.2 Å². The summed E-state index contributed by atoms with van der Waals surface area (Å²) in [7, 11) is 0. The van der Waals surface area contributed by atoms with Crippen LogP contribution in [0.4, 0.5) is 0 Å². The molecule has 0 saturated carbocycles. The fraction of sp³-hybridized carbons (Fsp3) is 0.458. The predicted octanol–water partition coefficient (Wildman–Crippen LogP) is 11.0. The van der Waals surface area contributed by atoms with Gasteiger partial charge >= 0.3 is 11.9 Å². The zero-order chi connectivity index (χ0) is 39.1. The molecule has 1 atom stereocenters. The standard InChI is InChI=1S/C48H58O6/c1-34-15-17-35(18-16-34)19-20-36-22-24-42-40(25-36)26-41(53-42)30-47(8,9)44(50)52-33-48(32-51-31-37-13-11-10-12-14-37)29-39(43(49)54-48)23-21-38(27-45(2,3)4)28-46(5,6)7/h10-18,22-26,38H,21,27-33H2,1-9H3/b39-23+/t48-/m1/s1. The van der Waals surface area contributed by atoms with Crippen molar-refractivity contribution >= 4 is 22.9 Å². The monoisotopic (exact) mass is 730 g/mol. The SMILES string of the molecule is Cc1ccc(C#Cc2ccc3oc(CC(C)(C)C(=O)OC[C@]4(COCc5ccccc5)C/C(=C\CC(CC(C)(C)C)CC(C)(C)C)C(=O)O4)cc3c2)cc1. The van der Waals surface area contributed by atoms with Crippen LogP contribution in [0.5, 0.6) is 0 Å². The Balaban J connectivity index is 1.27. The first-order valence-corrected chi connectivity index (χ1v) is 19.2. The Labute approximate surface area is 322 Å². The summed E-state index contributed by atoms with van der Waals surface area (Å²) in [4.78, 5) is 27.2. The fourth-order valence-corrected chi connectivity index (χ4v) is 7.23. The number of carbonyl (C=O) groups excluding carboxylic acids is 2. The van der Waals surface area contributed by atoms with E-state index >= 15 is 0 Å². The van der Waals surface area contributed by atoms with Gasteiger partial charge in [0.15, 0.2) is 5.60 Å². The molecule has 1 aliphatic rings. The highest BCUT2D eigenvalue weighted by Crippen LogP contribution is 2.38. The average Bonchev–Trinajstić information content (AvgIpc) is 3.63. The third-order valence-electron chi connectivity index (χ3n) is 9.67. The van der Waals surface area contributed by atoms with Crippen LogP contribution in [-0.4, -0.2) is 30.8 Å². The lowest BCUT2D eigenvalue weighted by atomic mass is 9.75. The summed E-state index contributed by atoms with van der Waals surface area (Å²) in [6.45, 7) is 19.7. The highest BCUT2D eigenvalue weighted by Gasteiger charge is 2.46. The molecule has 1 saturated heterocycles. The molecule has 6 heteroatoms. The van der Waals surface area contributed by atoms with Crippen LogP contribution in [0.3, 0.4) is 0 Å². The summed E-state index contributed by atoms with van der Waals surface area (Å²) >= 11 is 0. The van der Waals surface area contributed by atoms with E-state index in [0.717, 1.165) is 46.9 Å². The predicted molar refractivity (Wildman–Crippen MR) is 216 cm³/mol. The van der Waals surface area contributed by atoms with Crippen molar-refractivity contribution in [2.24, 2.45) is 22.2 Å². The van der Waals surface area contributed by atoms with Crippen LogP contribution in [-0.2, 0) is 36.8 Å². The van der Waals surface area contributed by atoms with Crippen LogP contribution in [0.2, 0.25) is 0 Å². The maximum absolute atomic E-state index is 13.7. The third kappa shape index (κ3) is 12.0. The van der Waals surface area contributed by atoms with E-state index in [1.165, 1.54) is 5.56 Å². The van der Waals surface area contributed by atoms with Crippen LogP contribution in [0.25, 0.3) is 11.0 Å². The second-order valence-electron chi connectivity index (χ2n) is 18.3. The molecule has 3 aromatic carbocycles. The van der Waals surface area contributed by atoms with Crippen molar-refractivity contribution in [2.45, 2.75) is 107 Å². The van der Waals surface area contributed by atoms with E-state index in [1.807, 2.05) is 80.6 Å². The van der Waals surface area contributed by atoms with Crippen molar-refractivity contribution in [1.82, 2.24) is 0 Å². The largest absolute Gasteiger partial charge is 0.461 e. The Kier molecular flexibility index (Phi) is 12.6. The molecule has 5 rings (SSSR count). The van der Waals surface area contributed by atoms with Crippen LogP contribution in [0.15, 0.2) is 94.9 Å². The molecule has 2 heterocycles. The summed E-state index contributed by atoms with van der Waals surface area (Å²) in [5.74, 6) is 6.78. The molecule has 0 N–H and O–H groups in total. The quantitative estimate of drug-likeness (QED) is 0.0774. The molecule has 0 amide bonds. The maximum atomic E-state index is 13.7. The van der Waals surface area contributed by atoms with Gasteiger partial charge in [-0.15, -0.1) is 0 Å². The summed E-state index contributed by atoms with van der Waals surface area (Å²) in [5.41, 5.74) is 3.69. The Morgan fingerprint density at radius 2 is 1.50 bits per heavy atom. The van der Waals surface area contributed by atoms with Crippen molar-refractivity contribution in [3.63, 3.8) is 0 Å². The molecule has 0 spiro atoms. The molecule has 1 aromatic heterocycles. The zero-order valence-corrected chi connectivity index (χ0v) is 33.8. The van der Waals surface area contributed by atoms with Crippen LogP contribution in [0.1, 0.15) is 109 Å². The van der Waals surface area contributed by atoms with E-state index in [2.05, 4.69) is 78.5 Å². The number of fused-ring (bicyclic) bond motifs is 1. The lowest BCUT2D eigenvalue weighted by Gasteiger charge is -2.30. The number of furan rings is 1. The Bertz CT molecular complexity index is 1970. The van der Waals surface area contributed by atoms with Gasteiger partial charge in [0.2, 0.25) is 0 Å². The molecular weight excluding hydrogens is 673 g/mol. The molecule has 0 bridgehead atoms. The molecule has 0 aliphatic carbocycles. The second kappa shape index (κ2) is 16.8. The summed E-state index contributed by atoms with van der Waals surface area (Å²) < 4.78 is 24.4. The molecule has 54 heavy (non-hydrogen) atoms. The summed E-state index contributed by atoms with van der Waals surface area (Å²) in [5, 5.41) is 0.920. The molecule has 0 radical (unpaired) electrons. The number of carbonyl (C=O) groups is 2. The van der Waals surface area contributed by atoms with Crippen molar-refractivity contribution in [3.8, 4) is 11.8 Å². The topological polar surface area (TPSA) is 75.0 Å². The van der Waals surface area contributed by atoms with Crippen molar-refractivity contribution in [3.05, 3.63) is 119 Å². The van der Waals surface area contributed by atoms with E-state index in [-0.39, 0.29) is 30.0 Å². The Hall–Kier alpha value is -4.60. The Morgan fingerprint density at radius 1 is 0.852 bits per heavy atom. The number of rotatable bonds is 13. The van der Waals surface area contributed by atoms with Crippen LogP contribution < -0.4 is 0 Å². The van der Waals surface area contributed by atoms with Gasteiger partial charge in [0, 0.05) is 34.9 Å². The van der Waals surface area contributed by atoms with E-state index in [9.17, 15) is 9.59 Å². The van der Waals surface area contributed by atoms with Crippen molar-refractivity contribution < 1.29 is 28.2 Å². The molecule has 1 fully saturated rings. The summed E-state index contributed by atoms with van der Waals surface area (Å²) in [6.07, 6.45) is 5.58. The minimum atomic E-state index is -1.12. The number of benzene rings is 3. The second-order valence-corrected chi connectivity index (χ2v) is 18.3. The van der Waals surface area contributed by atoms with Gasteiger partial charge in [0.05, 0.1) is 18.6 Å². The van der Waals surface area contributed by atoms with Gasteiger partial charge in [0.1, 0.15) is 18.0 Å². The number of ether oxygens (including phenoxy) is 3. The number of aryl methyl sites for hydroxylation is 1. The number of hydrogen-bond acceptors (Lipinski definition) is 6. The Morgan fingerprint density at radius 3 is 2.17 bits per heavy atom. The van der Waals surface area contributed by atoms with E-state index in [1.54, 1.807) is 0 Å². The van der Waals surface area contributed by atoms with E-state index < -0.39 is 17.0 Å². The van der Waals surface area contributed by atoms with Gasteiger partial charge in [-0.1, -0.05) is 107 Å². The smallest absolute Gasteiger partial charge is 0.334 e. The van der Waals surface area contributed by atoms with Gasteiger partial charge in [-0.05, 0) is 98.7 Å². The molecule has 0 unspecified atom stereocenters. The van der Waals surface area contributed by atoms with Crippen molar-refractivity contribution in [1.29, 1.82) is 0 Å². The lowest BCUT2D eigenvalue weighted by molar-refractivity contribution is -0.174. The highest BCUT2D eigenvalue weighted by atomic mass is 16.6. The number of allylic oxidation sites excluding steroid dienone is 1. The number of esters is 2. The minimum Gasteiger partial charge on any atom is -0.461 e. The molecule has 1 aliphatic heterocycles. The average molecular weight is 731 g/mol. The highest BCUT2D eigenvalue weighted by molar-refractivity contribution is 5.91. The number of cyclic esters (lactones) is 1. The molecule has 286 valence electrons. The fourth-order valence-electron chi connectivity index (χ4n) is 7.23. The molecule has 6 nitrogen and oxygen atoms in total. The minimum absolute atomic E-state index is 0.102. The first-order chi connectivity index (χ1) is 25.4. The van der Waals surface area contributed by atoms with Crippen LogP contribution >= 0.6 is 0 Å². The molecular formula is C48H58O6. The number of hydrogen-bond donors (Lipinski definition) is 0. The van der Waals surface area contributed by atoms with Gasteiger partial charge in [-0.3, -0.25) is 4.79 Å². The lowest BCUT2D eigenvalue weighted by Crippen LogP contribution is -2.42. The van der Waals surface area contributed by atoms with Gasteiger partial charge < -0.3 is 18.6 Å². The molecule has 4 aromatic rings. The van der Waals surface area contributed by atoms with Crippen LogP contribution in [0, 0.1) is 40.9 Å². The van der Waals surface area contributed by atoms with E-state index in [4.69, 9.17) is 18.6 Å². The van der Waals surface area contributed by atoms with E-state index in [0.29, 0.717) is 36.7 Å². The van der Waals surface area contributed by atoms with Gasteiger partial charge in [-0.2, -0.15) is 0 Å². The maximum Gasteiger partial charge on any atom is 0.334 e. The van der Waals surface area contributed by atoms with Gasteiger partial charge in [0.25, 0.3) is 0 Å².